The molecule has 0 radical (unpaired) electrons. The molecule has 4 fully saturated rings. The van der Waals surface area contributed by atoms with Crippen LogP contribution >= 0.6 is 0 Å². The highest BCUT2D eigenvalue weighted by Crippen LogP contribution is 2.34. The number of piperidine rings is 1. The molecule has 4 saturated heterocycles. The quantitative estimate of drug-likeness (QED) is 0.246. The molecule has 0 aliphatic carbocycles. The molecule has 0 saturated carbocycles. The molecule has 5 N–H and O–H groups in total. The van der Waals surface area contributed by atoms with Gasteiger partial charge in [-0.3, -0.25) is 24.0 Å². The average molecular weight is 830 g/mol. The van der Waals surface area contributed by atoms with Gasteiger partial charge >= 0.3 is 6.03 Å². The molecule has 6 rings (SSSR count). The van der Waals surface area contributed by atoms with E-state index >= 15 is 0 Å². The number of hydrogen-bond donors (Lipinski definition) is 5. The summed E-state index contributed by atoms with van der Waals surface area (Å²) in [5, 5.41) is 22.1. The Bertz CT molecular complexity index is 1940. The molecule has 1 unspecified atom stereocenters. The lowest BCUT2D eigenvalue weighted by molar-refractivity contribution is -0.155. The average Bonchev–Trinajstić information content (AvgIpc) is 3.79. The summed E-state index contributed by atoms with van der Waals surface area (Å²) in [6.45, 7) is 8.80. The number of carbonyl (C=O) groups is 7. The normalized spacial score (nSPS) is 29.5. The highest BCUT2D eigenvalue weighted by atomic mass is 16.5. The van der Waals surface area contributed by atoms with Gasteiger partial charge in [0.15, 0.2) is 0 Å². The Balaban J connectivity index is 1.35. The van der Waals surface area contributed by atoms with Gasteiger partial charge in [-0.2, -0.15) is 0 Å². The number of ether oxygens (including phenoxy) is 1. The van der Waals surface area contributed by atoms with Gasteiger partial charge in [0.1, 0.15) is 42.0 Å². The summed E-state index contributed by atoms with van der Waals surface area (Å²) in [5.41, 5.74) is 1.83. The molecule has 16 nitrogen and oxygen atoms in total. The van der Waals surface area contributed by atoms with Crippen LogP contribution in [0, 0.1) is 12.8 Å². The summed E-state index contributed by atoms with van der Waals surface area (Å²) in [6.07, 6.45) is 1.06. The first kappa shape index (κ1) is 44.2. The fraction of sp³-hybridized carbons (Fsp3) is 0.568. The van der Waals surface area contributed by atoms with Crippen LogP contribution in [0.1, 0.15) is 76.5 Å². The van der Waals surface area contributed by atoms with E-state index in [0.717, 1.165) is 23.1 Å². The number of amides is 7. The van der Waals surface area contributed by atoms with E-state index in [1.165, 1.54) is 14.7 Å². The van der Waals surface area contributed by atoms with Crippen LogP contribution in [0.5, 0.6) is 0 Å². The number of nitrogens with zero attached hydrogens (tertiary/aromatic N) is 3. The maximum Gasteiger partial charge on any atom is 0.319 e. The molecule has 0 aromatic heterocycles. The highest BCUT2D eigenvalue weighted by molar-refractivity contribution is 5.98. The number of aliphatic hydroxyl groups is 1. The van der Waals surface area contributed by atoms with Crippen LogP contribution < -0.4 is 21.3 Å². The Morgan fingerprint density at radius 2 is 1.72 bits per heavy atom. The van der Waals surface area contributed by atoms with E-state index in [1.54, 1.807) is 26.0 Å². The minimum Gasteiger partial charge on any atom is -0.391 e. The number of aldehydes is 1. The Morgan fingerprint density at radius 1 is 0.967 bits per heavy atom. The zero-order chi connectivity index (χ0) is 43.3. The van der Waals surface area contributed by atoms with Crippen molar-refractivity contribution < 1.29 is 43.4 Å². The third kappa shape index (κ3) is 9.81. The molecule has 4 aliphatic rings. The number of benzene rings is 2. The fourth-order valence-corrected chi connectivity index (χ4v) is 9.04. The number of rotatable bonds is 8. The smallest absolute Gasteiger partial charge is 0.319 e. The Morgan fingerprint density at radius 3 is 2.42 bits per heavy atom. The van der Waals surface area contributed by atoms with E-state index in [0.29, 0.717) is 31.2 Å². The van der Waals surface area contributed by atoms with Gasteiger partial charge in [0.05, 0.1) is 18.8 Å². The zero-order valence-electron chi connectivity index (χ0n) is 35.1. The van der Waals surface area contributed by atoms with Crippen LogP contribution in [0.4, 0.5) is 10.5 Å². The van der Waals surface area contributed by atoms with Crippen molar-refractivity contribution in [3.05, 3.63) is 65.2 Å². The van der Waals surface area contributed by atoms with E-state index in [-0.39, 0.29) is 51.4 Å². The van der Waals surface area contributed by atoms with Crippen LogP contribution in [-0.4, -0.2) is 136 Å². The first-order valence-corrected chi connectivity index (χ1v) is 21.1. The first-order chi connectivity index (χ1) is 28.6. The van der Waals surface area contributed by atoms with E-state index in [1.807, 2.05) is 57.2 Å². The SMILES string of the molecule is CCc1ccc(NC(=O)N[C@@H](Cc2cccc(C)c2)C(=O)N[C@@H]2C(=O)N3C[C@H](O)C[C@H]3C(=O)N3CCCC[C@H]3C(=O)N[C@@H](C)C(=O)N3C[C@H](C)CC3(C=O)CO[C@H]2C)cc1. The van der Waals surface area contributed by atoms with Crippen molar-refractivity contribution in [1.82, 2.24) is 30.7 Å². The fourth-order valence-electron chi connectivity index (χ4n) is 9.04. The van der Waals surface area contributed by atoms with Crippen LogP contribution in [0.25, 0.3) is 0 Å². The Hall–Kier alpha value is -5.35. The molecular weight excluding hydrogens is 771 g/mol. The van der Waals surface area contributed by atoms with Crippen molar-refractivity contribution in [2.75, 3.05) is 31.6 Å². The third-order valence-corrected chi connectivity index (χ3v) is 12.3. The van der Waals surface area contributed by atoms with Crippen molar-refractivity contribution in [3.63, 3.8) is 0 Å². The number of aliphatic hydroxyl groups excluding tert-OH is 1. The van der Waals surface area contributed by atoms with E-state index in [4.69, 9.17) is 4.74 Å². The maximum atomic E-state index is 14.9. The summed E-state index contributed by atoms with van der Waals surface area (Å²) in [5.74, 6) is -3.11. The number of carbonyl (C=O) groups excluding carboxylic acids is 7. The highest BCUT2D eigenvalue weighted by Gasteiger charge is 2.51. The molecule has 324 valence electrons. The van der Waals surface area contributed by atoms with E-state index in [9.17, 15) is 38.7 Å². The predicted molar refractivity (Wildman–Crippen MR) is 221 cm³/mol. The predicted octanol–water partition coefficient (Wildman–Crippen LogP) is 1.85. The molecule has 7 amide bonds. The zero-order valence-corrected chi connectivity index (χ0v) is 35.1. The third-order valence-electron chi connectivity index (χ3n) is 12.3. The minimum absolute atomic E-state index is 0.0508. The number of urea groups is 1. The van der Waals surface area contributed by atoms with Gasteiger partial charge in [-0.15, -0.1) is 0 Å². The second kappa shape index (κ2) is 18.9. The summed E-state index contributed by atoms with van der Waals surface area (Å²) in [6, 6.07) is 8.28. The van der Waals surface area contributed by atoms with Crippen molar-refractivity contribution in [3.8, 4) is 0 Å². The van der Waals surface area contributed by atoms with Gasteiger partial charge in [0.25, 0.3) is 0 Å². The molecule has 2 aromatic carbocycles. The molecule has 0 bridgehead atoms. The van der Waals surface area contributed by atoms with Gasteiger partial charge in [-0.25, -0.2) is 4.79 Å². The number of fused-ring (bicyclic) bond motifs is 3. The number of aryl methyl sites for hydroxylation is 2. The minimum atomic E-state index is -1.48. The first-order valence-electron chi connectivity index (χ1n) is 21.1. The second-order valence-electron chi connectivity index (χ2n) is 17.0. The van der Waals surface area contributed by atoms with Crippen molar-refractivity contribution in [2.24, 2.45) is 5.92 Å². The van der Waals surface area contributed by atoms with Crippen LogP contribution in [0.15, 0.2) is 48.5 Å². The van der Waals surface area contributed by atoms with Gasteiger partial charge in [-0.05, 0) is 82.1 Å². The van der Waals surface area contributed by atoms with E-state index in [2.05, 4.69) is 21.3 Å². The standard InChI is InChI=1S/C44H59N7O9/c1-6-30-13-15-32(16-14-30)46-43(59)47-34(19-31-11-9-10-26(2)18-31)38(54)48-37-29(5)60-25-44(24-52)21-27(3)22-51(44)40(56)28(4)45-39(55)35-12-7-8-17-49(35)41(57)36-20-33(53)23-50(36)42(37)58/h9-11,13-16,18,24,27-29,33-37,53H,6-8,12,17,19-23,25H2,1-5H3,(H,45,55)(H,48,54)(H2,46,47,59)/t27-,28+,29+,33-,34+,35+,36+,37+,44?/m1/s1. The van der Waals surface area contributed by atoms with Crippen molar-refractivity contribution >= 4 is 47.5 Å². The lowest BCUT2D eigenvalue weighted by Gasteiger charge is -2.41. The topological polar surface area (TPSA) is 207 Å². The second-order valence-corrected chi connectivity index (χ2v) is 17.0. The molecule has 2 aromatic rings. The molecule has 4 heterocycles. The van der Waals surface area contributed by atoms with E-state index < -0.39 is 83.5 Å². The maximum absolute atomic E-state index is 14.9. The van der Waals surface area contributed by atoms with Gasteiger partial charge in [-0.1, -0.05) is 55.8 Å². The molecule has 0 spiro atoms. The van der Waals surface area contributed by atoms with Crippen LogP contribution in [-0.2, 0) is 46.3 Å². The summed E-state index contributed by atoms with van der Waals surface area (Å²) in [7, 11) is 0. The number of anilines is 1. The molecule has 60 heavy (non-hydrogen) atoms. The van der Waals surface area contributed by atoms with Crippen LogP contribution in [0.2, 0.25) is 0 Å². The van der Waals surface area contributed by atoms with Gasteiger partial charge in [0, 0.05) is 38.2 Å². The van der Waals surface area contributed by atoms with Gasteiger partial charge in [0.2, 0.25) is 29.5 Å². The molecule has 16 heteroatoms. The largest absolute Gasteiger partial charge is 0.391 e. The van der Waals surface area contributed by atoms with Crippen molar-refractivity contribution in [1.29, 1.82) is 0 Å². The number of nitrogens with one attached hydrogen (secondary N) is 4. The summed E-state index contributed by atoms with van der Waals surface area (Å²) >= 11 is 0. The Kier molecular flexibility index (Phi) is 13.9. The monoisotopic (exact) mass is 829 g/mol. The lowest BCUT2D eigenvalue weighted by atomic mass is 9.94. The Labute approximate surface area is 351 Å². The number of hydrogen-bond acceptors (Lipinski definition) is 9. The lowest BCUT2D eigenvalue weighted by Crippen LogP contribution is -2.64. The molecule has 9 atom stereocenters. The van der Waals surface area contributed by atoms with Crippen LogP contribution in [0.3, 0.4) is 0 Å². The van der Waals surface area contributed by atoms with Crippen molar-refractivity contribution in [2.45, 2.75) is 128 Å². The molecule has 4 aliphatic heterocycles. The summed E-state index contributed by atoms with van der Waals surface area (Å²) in [4.78, 5) is 102. The van der Waals surface area contributed by atoms with Gasteiger partial charge < -0.3 is 50.6 Å². The molecular formula is C44H59N7O9. The summed E-state index contributed by atoms with van der Waals surface area (Å²) < 4.78 is 6.34.